The summed E-state index contributed by atoms with van der Waals surface area (Å²) in [7, 11) is -1.87. The number of nitrogens with zero attached hydrogens (tertiary/aromatic N) is 2. The van der Waals surface area contributed by atoms with Crippen LogP contribution in [0.3, 0.4) is 0 Å². The van der Waals surface area contributed by atoms with Gasteiger partial charge < -0.3 is 14.5 Å². The van der Waals surface area contributed by atoms with Crippen molar-refractivity contribution in [1.82, 2.24) is 0 Å². The van der Waals surface area contributed by atoms with Gasteiger partial charge in [-0.2, -0.15) is 0 Å². The second-order valence-electron chi connectivity index (χ2n) is 16.9. The van der Waals surface area contributed by atoms with Crippen molar-refractivity contribution in [3.63, 3.8) is 0 Å². The van der Waals surface area contributed by atoms with Gasteiger partial charge in [0.2, 0.25) is 0 Å². The highest BCUT2D eigenvalue weighted by Crippen LogP contribution is 2.52. The molecule has 2 aliphatic carbocycles. The van der Waals surface area contributed by atoms with E-state index in [0.29, 0.717) is 0 Å². The zero-order chi connectivity index (χ0) is 38.5. The van der Waals surface area contributed by atoms with Gasteiger partial charge in [-0.15, -0.1) is 0 Å². The fourth-order valence-corrected chi connectivity index (χ4v) is 12.9. The Hall–Kier alpha value is -6.36. The normalized spacial score (nSPS) is 16.8. The summed E-state index contributed by atoms with van der Waals surface area (Å²) in [4.78, 5) is 4.89. The fraction of sp³-hybridized carbons (Fsp3) is 0.132. The molecule has 11 rings (SSSR count). The predicted molar refractivity (Wildman–Crippen MR) is 243 cm³/mol. The van der Waals surface area contributed by atoms with Crippen molar-refractivity contribution in [1.29, 1.82) is 0 Å². The molecule has 7 aromatic rings. The first-order chi connectivity index (χ1) is 27.8. The van der Waals surface area contributed by atoms with Crippen molar-refractivity contribution < 1.29 is 4.74 Å². The molecule has 7 aromatic carbocycles. The molecule has 0 bridgehead atoms. The maximum Gasteiger partial charge on any atom is 0.151 e. The van der Waals surface area contributed by atoms with Gasteiger partial charge in [0.1, 0.15) is 13.8 Å². The third kappa shape index (κ3) is 5.10. The number of fused-ring (bicyclic) bond motifs is 7. The van der Waals surface area contributed by atoms with Crippen molar-refractivity contribution in [2.75, 3.05) is 9.80 Å². The smallest absolute Gasteiger partial charge is 0.151 e. The highest BCUT2D eigenvalue weighted by molar-refractivity contribution is 7.02. The van der Waals surface area contributed by atoms with Crippen LogP contribution in [-0.2, 0) is 5.41 Å². The van der Waals surface area contributed by atoms with Crippen LogP contribution in [0.4, 0.5) is 28.4 Å². The predicted octanol–water partition coefficient (Wildman–Crippen LogP) is 13.0. The van der Waals surface area contributed by atoms with Gasteiger partial charge in [-0.1, -0.05) is 148 Å². The van der Waals surface area contributed by atoms with Gasteiger partial charge >= 0.3 is 0 Å². The summed E-state index contributed by atoms with van der Waals surface area (Å²) in [5.74, 6) is 1.96. The van der Waals surface area contributed by atoms with E-state index in [0.717, 1.165) is 35.7 Å². The van der Waals surface area contributed by atoms with Crippen LogP contribution in [0.25, 0.3) is 34.1 Å². The molecule has 0 unspecified atom stereocenters. The van der Waals surface area contributed by atoms with E-state index in [4.69, 9.17) is 4.74 Å². The van der Waals surface area contributed by atoms with E-state index < -0.39 is 8.07 Å². The van der Waals surface area contributed by atoms with Gasteiger partial charge in [-0.05, 0) is 104 Å². The Morgan fingerprint density at radius 1 is 0.596 bits per heavy atom. The molecule has 276 valence electrons. The lowest BCUT2D eigenvalue weighted by Crippen LogP contribution is -2.58. The number of para-hydroxylation sites is 4. The van der Waals surface area contributed by atoms with E-state index in [9.17, 15) is 0 Å². The van der Waals surface area contributed by atoms with Gasteiger partial charge in [0.25, 0.3) is 0 Å². The summed E-state index contributed by atoms with van der Waals surface area (Å²) in [6.07, 6.45) is 11.0. The van der Waals surface area contributed by atoms with Crippen LogP contribution < -0.4 is 24.9 Å². The van der Waals surface area contributed by atoms with Crippen LogP contribution >= 0.6 is 0 Å². The van der Waals surface area contributed by atoms with Crippen LogP contribution in [0.15, 0.2) is 169 Å². The monoisotopic (exact) mass is 752 g/mol. The number of ether oxygens (including phenoxy) is 1. The van der Waals surface area contributed by atoms with Gasteiger partial charge in [0.15, 0.2) is 5.75 Å². The third-order valence-electron chi connectivity index (χ3n) is 12.9. The van der Waals surface area contributed by atoms with E-state index in [-0.39, 0.29) is 5.41 Å². The molecular weight excluding hydrogens is 709 g/mol. The van der Waals surface area contributed by atoms with Crippen LogP contribution in [0.1, 0.15) is 48.9 Å². The minimum absolute atomic E-state index is 0.164. The Morgan fingerprint density at radius 3 is 2.04 bits per heavy atom. The summed E-state index contributed by atoms with van der Waals surface area (Å²) in [6.45, 7) is 9.71. The van der Waals surface area contributed by atoms with Crippen LogP contribution in [0.5, 0.6) is 5.75 Å². The minimum atomic E-state index is -1.87. The van der Waals surface area contributed by atoms with Crippen molar-refractivity contribution in [3.05, 3.63) is 191 Å². The average molecular weight is 753 g/mol. The Labute approximate surface area is 336 Å². The summed E-state index contributed by atoms with van der Waals surface area (Å²) in [6, 6.07) is 54.0. The molecule has 0 aromatic heterocycles. The number of benzene rings is 7. The number of hydrogen-bond acceptors (Lipinski definition) is 3. The highest BCUT2D eigenvalue weighted by atomic mass is 28.3. The van der Waals surface area contributed by atoms with Gasteiger partial charge in [0, 0.05) is 34.3 Å². The molecule has 3 nitrogen and oxygen atoms in total. The molecule has 4 aliphatic rings. The second kappa shape index (κ2) is 12.6. The molecule has 0 atom stereocenters. The average Bonchev–Trinajstić information content (AvgIpc) is 3.46. The summed E-state index contributed by atoms with van der Waals surface area (Å²) in [5, 5.41) is 5.46. The van der Waals surface area contributed by atoms with E-state index in [1.165, 1.54) is 77.3 Å². The summed E-state index contributed by atoms with van der Waals surface area (Å²) < 4.78 is 6.41. The number of anilines is 5. The van der Waals surface area contributed by atoms with Crippen molar-refractivity contribution >= 4 is 69.8 Å². The largest absolute Gasteiger partial charge is 0.457 e. The van der Waals surface area contributed by atoms with E-state index >= 15 is 0 Å². The molecule has 2 heterocycles. The zero-order valence-corrected chi connectivity index (χ0v) is 33.9. The molecule has 0 spiro atoms. The first-order valence-electron chi connectivity index (χ1n) is 20.2. The molecule has 2 aliphatic heterocycles. The highest BCUT2D eigenvalue weighted by Gasteiger charge is 2.39. The topological polar surface area (TPSA) is 15.7 Å². The van der Waals surface area contributed by atoms with Gasteiger partial charge in [0.05, 0.1) is 17.1 Å². The number of rotatable bonds is 4. The SMILES string of the molecule is CC1(C)c2cc(/C=C/c3cccc4c(N5c6ccccc6[Si](C)(C)c6ccccc65)cccc34)ccc2-c2ccc(N3C4=C(CCC=C4)Oc4ccccc43)cc21. The molecule has 57 heavy (non-hydrogen) atoms. The molecule has 0 N–H and O–H groups in total. The summed E-state index contributed by atoms with van der Waals surface area (Å²) in [5.41, 5.74) is 14.8. The zero-order valence-electron chi connectivity index (χ0n) is 32.9. The molecule has 0 fully saturated rings. The maximum absolute atomic E-state index is 6.41. The van der Waals surface area contributed by atoms with E-state index in [1.807, 2.05) is 0 Å². The standard InChI is InChI=1S/C53H44N2OSi/c1-53(2)42-33-35(28-31-39(42)40-32-30-37(34-43(40)53)54-45-18-5-9-23-49(45)56-50-24-10-6-19-46(50)54)27-29-36-15-13-17-41-38(36)16-14-22-44(41)55-47-20-7-11-25-51(47)57(3,4)52-26-12-8-21-48(52)55/h5-9,11-23,25-34H,10,24H2,1-4H3/b29-27+. The van der Waals surface area contributed by atoms with E-state index in [1.54, 1.807) is 0 Å². The minimum Gasteiger partial charge on any atom is -0.457 e. The Bertz CT molecular complexity index is 2860. The second-order valence-corrected chi connectivity index (χ2v) is 21.2. The first kappa shape index (κ1) is 33.9. The summed E-state index contributed by atoms with van der Waals surface area (Å²) >= 11 is 0. The van der Waals surface area contributed by atoms with Crippen molar-refractivity contribution in [2.45, 2.75) is 45.2 Å². The maximum atomic E-state index is 6.41. The Kier molecular flexibility index (Phi) is 7.48. The van der Waals surface area contributed by atoms with E-state index in [2.05, 4.69) is 207 Å². The van der Waals surface area contributed by atoms with Crippen LogP contribution in [-0.4, -0.2) is 8.07 Å². The van der Waals surface area contributed by atoms with Gasteiger partial charge in [-0.25, -0.2) is 0 Å². The first-order valence-corrected chi connectivity index (χ1v) is 23.2. The molecule has 0 amide bonds. The Balaban J connectivity index is 0.949. The lowest BCUT2D eigenvalue weighted by Gasteiger charge is -2.41. The lowest BCUT2D eigenvalue weighted by molar-refractivity contribution is 0.388. The van der Waals surface area contributed by atoms with Crippen LogP contribution in [0.2, 0.25) is 13.1 Å². The van der Waals surface area contributed by atoms with Crippen molar-refractivity contribution in [2.24, 2.45) is 0 Å². The molecule has 0 saturated carbocycles. The Morgan fingerprint density at radius 2 is 1.25 bits per heavy atom. The quantitative estimate of drug-likeness (QED) is 0.132. The lowest BCUT2D eigenvalue weighted by atomic mass is 9.81. The van der Waals surface area contributed by atoms with Gasteiger partial charge in [-0.3, -0.25) is 0 Å². The number of hydrogen-bond donors (Lipinski definition) is 0. The molecular formula is C53H44N2OSi. The molecule has 0 radical (unpaired) electrons. The third-order valence-corrected chi connectivity index (χ3v) is 16.4. The molecule has 0 saturated heterocycles. The van der Waals surface area contributed by atoms with Crippen LogP contribution in [0, 0.1) is 0 Å². The number of allylic oxidation sites excluding steroid dienone is 3. The molecule has 4 heteroatoms. The fourth-order valence-electron chi connectivity index (χ4n) is 9.96. The van der Waals surface area contributed by atoms with Crippen molar-refractivity contribution in [3.8, 4) is 16.9 Å².